The number of rotatable bonds is 5. The van der Waals surface area contributed by atoms with Gasteiger partial charge in [-0.2, -0.15) is 34.8 Å². The van der Waals surface area contributed by atoms with Gasteiger partial charge in [0.05, 0.1) is 5.88 Å². The van der Waals surface area contributed by atoms with E-state index in [4.69, 9.17) is 24.6 Å². The summed E-state index contributed by atoms with van der Waals surface area (Å²) in [6, 6.07) is 8.92. The molecule has 16 heteroatoms. The van der Waals surface area contributed by atoms with Gasteiger partial charge in [0.2, 0.25) is 0 Å². The fourth-order valence-electron chi connectivity index (χ4n) is 0.869. The average molecular weight is 577 g/mol. The molecule has 0 aliphatic heterocycles. The third kappa shape index (κ3) is 9.82. The molecule has 0 amide bonds. The van der Waals surface area contributed by atoms with E-state index in [-0.39, 0.29) is 0 Å². The Morgan fingerprint density at radius 2 is 1.48 bits per heavy atom. The third-order valence-electron chi connectivity index (χ3n) is 1.95. The van der Waals surface area contributed by atoms with Crippen LogP contribution in [0.25, 0.3) is 0 Å². The number of halogens is 8. The lowest BCUT2D eigenvalue weighted by Gasteiger charge is -2.08. The SMILES string of the molecule is O=S(=O)(O/C(=C/[I+]c1ccccc1)CCl)C(F)(F)F.O=S(=O)([O-])C(F)(F)F. The second kappa shape index (κ2) is 10.1. The molecule has 0 saturated carbocycles. The molecule has 0 atom stereocenters. The van der Waals surface area contributed by atoms with Gasteiger partial charge < -0.3 is 8.74 Å². The van der Waals surface area contributed by atoms with E-state index in [1.165, 1.54) is 4.08 Å². The summed E-state index contributed by atoms with van der Waals surface area (Å²) in [5.74, 6) is -0.849. The van der Waals surface area contributed by atoms with Crippen LogP contribution in [0.15, 0.2) is 40.2 Å². The van der Waals surface area contributed by atoms with Crippen molar-refractivity contribution in [3.05, 3.63) is 43.7 Å². The van der Waals surface area contributed by atoms with Crippen molar-refractivity contribution >= 4 is 31.8 Å². The number of allylic oxidation sites excluding steroid dienone is 1. The van der Waals surface area contributed by atoms with Gasteiger partial charge in [-0.1, -0.05) is 18.2 Å². The summed E-state index contributed by atoms with van der Waals surface area (Å²) in [5.41, 5.74) is -11.1. The van der Waals surface area contributed by atoms with E-state index in [1.807, 2.05) is 0 Å². The molecular weight excluding hydrogens is 569 g/mol. The summed E-state index contributed by atoms with van der Waals surface area (Å²) in [4.78, 5) is 0. The van der Waals surface area contributed by atoms with Crippen molar-refractivity contribution in [1.82, 2.24) is 0 Å². The predicted octanol–water partition coefficient (Wildman–Crippen LogP) is -0.0570. The van der Waals surface area contributed by atoms with Gasteiger partial charge in [0.25, 0.3) is 0 Å². The molecule has 1 aromatic rings. The maximum absolute atomic E-state index is 12.1. The molecule has 0 bridgehead atoms. The Morgan fingerprint density at radius 1 is 1.04 bits per heavy atom. The zero-order chi connectivity index (χ0) is 21.5. The Morgan fingerprint density at radius 3 is 1.81 bits per heavy atom. The van der Waals surface area contributed by atoms with Crippen LogP contribution in [0, 0.1) is 3.57 Å². The highest BCUT2D eigenvalue weighted by Gasteiger charge is 2.49. The first-order chi connectivity index (χ1) is 12.0. The summed E-state index contributed by atoms with van der Waals surface area (Å²) < 4.78 is 123. The molecular formula is C11H8ClF6IO6S2. The predicted molar refractivity (Wildman–Crippen MR) is 75.8 cm³/mol. The Bertz CT molecular complexity index is 836. The molecule has 0 fully saturated rings. The normalized spacial score (nSPS) is 13.6. The molecule has 0 saturated heterocycles. The van der Waals surface area contributed by atoms with E-state index in [9.17, 15) is 34.8 Å². The number of alkyl halides is 7. The van der Waals surface area contributed by atoms with Crippen molar-refractivity contribution in [2.24, 2.45) is 0 Å². The van der Waals surface area contributed by atoms with Crippen LogP contribution in [-0.4, -0.2) is 38.3 Å². The molecule has 0 spiro atoms. The van der Waals surface area contributed by atoms with Gasteiger partial charge >= 0.3 is 42.3 Å². The molecule has 27 heavy (non-hydrogen) atoms. The topological polar surface area (TPSA) is 101 Å². The van der Waals surface area contributed by atoms with Crippen LogP contribution in [0.3, 0.4) is 0 Å². The van der Waals surface area contributed by atoms with Crippen LogP contribution >= 0.6 is 11.6 Å². The van der Waals surface area contributed by atoms with Crippen LogP contribution in [-0.2, 0) is 24.4 Å². The van der Waals surface area contributed by atoms with Crippen LogP contribution < -0.4 is 21.2 Å². The first-order valence-corrected chi connectivity index (χ1v) is 11.6. The van der Waals surface area contributed by atoms with Gasteiger partial charge in [-0.05, 0) is 12.1 Å². The standard InChI is InChI=1S/C10H8ClF3IO3S.CHF3O3S/c11-6-9(18-19(16,17)10(12,13)14)7-15-8-4-2-1-3-5-8;2-1(3,4)8(5,6)7/h1-5,7H,6H2;(H,5,6,7)/q+1;/p-1/b9-7+;. The van der Waals surface area contributed by atoms with Gasteiger partial charge in [-0.3, -0.25) is 0 Å². The quantitative estimate of drug-likeness (QED) is 0.0927. The Hall–Kier alpha value is -0.780. The molecule has 1 rings (SSSR count). The Balaban J connectivity index is 0.000000713. The average Bonchev–Trinajstić information content (AvgIpc) is 2.50. The maximum atomic E-state index is 12.1. The van der Waals surface area contributed by atoms with E-state index >= 15 is 0 Å². The lowest BCUT2D eigenvalue weighted by molar-refractivity contribution is -0.558. The summed E-state index contributed by atoms with van der Waals surface area (Å²) in [6.45, 7) is 0. The summed E-state index contributed by atoms with van der Waals surface area (Å²) in [6.07, 6.45) is 0. The molecule has 0 heterocycles. The van der Waals surface area contributed by atoms with Crippen LogP contribution in [0.2, 0.25) is 0 Å². The lowest BCUT2D eigenvalue weighted by Crippen LogP contribution is -3.59. The lowest BCUT2D eigenvalue weighted by atomic mass is 10.4. The van der Waals surface area contributed by atoms with Crippen LogP contribution in [0.1, 0.15) is 0 Å². The van der Waals surface area contributed by atoms with Crippen molar-refractivity contribution < 1.29 is 73.1 Å². The highest BCUT2D eigenvalue weighted by atomic mass is 127. The minimum Gasteiger partial charge on any atom is -0.741 e. The number of benzene rings is 1. The number of hydrogen-bond donors (Lipinski definition) is 0. The second-order valence-electron chi connectivity index (χ2n) is 4.00. The minimum atomic E-state index is -6.09. The van der Waals surface area contributed by atoms with Gasteiger partial charge in [-0.15, -0.1) is 11.6 Å². The molecule has 1 aromatic carbocycles. The molecule has 6 nitrogen and oxygen atoms in total. The van der Waals surface area contributed by atoms with Crippen molar-refractivity contribution in [3.63, 3.8) is 0 Å². The van der Waals surface area contributed by atoms with E-state index in [0.717, 1.165) is 3.57 Å². The van der Waals surface area contributed by atoms with Crippen LogP contribution in [0.5, 0.6) is 0 Å². The van der Waals surface area contributed by atoms with Gasteiger partial charge in [-0.25, -0.2) is 8.42 Å². The first kappa shape index (κ1) is 26.2. The van der Waals surface area contributed by atoms with Gasteiger partial charge in [0, 0.05) is 0 Å². The summed E-state index contributed by atoms with van der Waals surface area (Å²) in [7, 11) is -11.7. The third-order valence-corrected chi connectivity index (χ3v) is 6.23. The smallest absolute Gasteiger partial charge is 0.534 e. The van der Waals surface area contributed by atoms with Gasteiger partial charge in [0.15, 0.2) is 23.5 Å². The monoisotopic (exact) mass is 576 g/mol. The van der Waals surface area contributed by atoms with Crippen molar-refractivity contribution in [3.8, 4) is 0 Å². The first-order valence-electron chi connectivity index (χ1n) is 5.97. The highest BCUT2D eigenvalue weighted by Crippen LogP contribution is 2.26. The molecule has 0 aromatic heterocycles. The minimum absolute atomic E-state index is 0.407. The molecule has 0 radical (unpaired) electrons. The van der Waals surface area contributed by atoms with E-state index in [2.05, 4.69) is 4.18 Å². The summed E-state index contributed by atoms with van der Waals surface area (Å²) in [5, 5.41) is 0. The van der Waals surface area contributed by atoms with E-state index < -0.39 is 64.1 Å². The van der Waals surface area contributed by atoms with E-state index in [0.29, 0.717) is 0 Å². The molecule has 0 unspecified atom stereocenters. The second-order valence-corrected chi connectivity index (χ2v) is 9.66. The molecule has 0 aliphatic carbocycles. The molecule has 0 aliphatic rings. The van der Waals surface area contributed by atoms with Gasteiger partial charge in [0.1, 0.15) is 0 Å². The molecule has 0 N–H and O–H groups in total. The summed E-state index contributed by atoms with van der Waals surface area (Å²) >= 11 is 4.57. The fraction of sp³-hybridized carbons (Fsp3) is 0.273. The van der Waals surface area contributed by atoms with Crippen molar-refractivity contribution in [2.75, 3.05) is 5.88 Å². The van der Waals surface area contributed by atoms with Crippen LogP contribution in [0.4, 0.5) is 26.3 Å². The zero-order valence-corrected chi connectivity index (χ0v) is 17.0. The van der Waals surface area contributed by atoms with E-state index in [1.54, 1.807) is 30.3 Å². The van der Waals surface area contributed by atoms with Crippen molar-refractivity contribution in [2.45, 2.75) is 11.0 Å². The van der Waals surface area contributed by atoms with Crippen molar-refractivity contribution in [1.29, 1.82) is 0 Å². The zero-order valence-electron chi connectivity index (χ0n) is 12.5. The number of hydrogen-bond acceptors (Lipinski definition) is 6. The maximum Gasteiger partial charge on any atom is 0.534 e. The highest BCUT2D eigenvalue weighted by molar-refractivity contribution is 7.87. The molecule has 156 valence electrons. The fourth-order valence-corrected chi connectivity index (χ4v) is 3.87. The largest absolute Gasteiger partial charge is 0.741 e. The Labute approximate surface area is 165 Å². The Kier molecular flexibility index (Phi) is 9.84.